The predicted molar refractivity (Wildman–Crippen MR) is 68.6 cm³/mol. The molecule has 1 N–H and O–H groups in total. The van der Waals surface area contributed by atoms with Crippen LogP contribution in [0, 0.1) is 19.8 Å². The fraction of sp³-hybridized carbons (Fsp3) is 0.500. The Kier molecular flexibility index (Phi) is 3.87. The van der Waals surface area contributed by atoms with Crippen molar-refractivity contribution in [3.05, 3.63) is 29.3 Å². The summed E-state index contributed by atoms with van der Waals surface area (Å²) in [5, 5.41) is 8.89. The number of likely N-dealkylation sites (tertiary alicyclic amines) is 1. The Balaban J connectivity index is 1.83. The molecule has 1 aliphatic heterocycles. The SMILES string of the molecule is Cc1ccc(OCC(=O)N2CC(CO)C2)c(C)c1. The zero-order valence-corrected chi connectivity index (χ0v) is 10.8. The van der Waals surface area contributed by atoms with Crippen LogP contribution in [-0.2, 0) is 4.79 Å². The van der Waals surface area contributed by atoms with E-state index in [-0.39, 0.29) is 25.0 Å². The predicted octanol–water partition coefficient (Wildman–Crippen LogP) is 1.13. The van der Waals surface area contributed by atoms with Crippen LogP contribution in [0.25, 0.3) is 0 Å². The molecule has 2 rings (SSSR count). The van der Waals surface area contributed by atoms with E-state index in [1.165, 1.54) is 5.56 Å². The summed E-state index contributed by atoms with van der Waals surface area (Å²) in [6.07, 6.45) is 0. The van der Waals surface area contributed by atoms with Crippen LogP contribution in [0.5, 0.6) is 5.75 Å². The molecule has 0 radical (unpaired) electrons. The number of hydrogen-bond donors (Lipinski definition) is 1. The van der Waals surface area contributed by atoms with Gasteiger partial charge in [-0.15, -0.1) is 0 Å². The van der Waals surface area contributed by atoms with Gasteiger partial charge in [-0.05, 0) is 25.5 Å². The van der Waals surface area contributed by atoms with Crippen LogP contribution in [0.1, 0.15) is 11.1 Å². The van der Waals surface area contributed by atoms with Crippen LogP contribution in [0.4, 0.5) is 0 Å². The van der Waals surface area contributed by atoms with Gasteiger partial charge in [-0.1, -0.05) is 17.7 Å². The highest BCUT2D eigenvalue weighted by atomic mass is 16.5. The molecule has 18 heavy (non-hydrogen) atoms. The van der Waals surface area contributed by atoms with Crippen LogP contribution >= 0.6 is 0 Å². The third-order valence-electron chi connectivity index (χ3n) is 3.25. The van der Waals surface area contributed by atoms with Gasteiger partial charge in [0.05, 0.1) is 0 Å². The molecule has 0 atom stereocenters. The van der Waals surface area contributed by atoms with Crippen LogP contribution in [0.15, 0.2) is 18.2 Å². The molecule has 0 aliphatic carbocycles. The molecule has 1 aromatic rings. The highest BCUT2D eigenvalue weighted by Crippen LogP contribution is 2.19. The van der Waals surface area contributed by atoms with Crippen molar-refractivity contribution in [1.29, 1.82) is 0 Å². The van der Waals surface area contributed by atoms with E-state index >= 15 is 0 Å². The van der Waals surface area contributed by atoms with Crippen molar-refractivity contribution in [3.63, 3.8) is 0 Å². The smallest absolute Gasteiger partial charge is 0.260 e. The van der Waals surface area contributed by atoms with Gasteiger partial charge in [0.15, 0.2) is 6.61 Å². The average molecular weight is 249 g/mol. The highest BCUT2D eigenvalue weighted by molar-refractivity contribution is 5.78. The fourth-order valence-electron chi connectivity index (χ4n) is 2.08. The Bertz CT molecular complexity index is 439. The first-order chi connectivity index (χ1) is 8.60. The summed E-state index contributed by atoms with van der Waals surface area (Å²) in [6.45, 7) is 5.51. The Hall–Kier alpha value is -1.55. The zero-order chi connectivity index (χ0) is 13.1. The molecule has 1 heterocycles. The quantitative estimate of drug-likeness (QED) is 0.870. The van der Waals surface area contributed by atoms with E-state index in [2.05, 4.69) is 0 Å². The van der Waals surface area contributed by atoms with Gasteiger partial charge in [0.1, 0.15) is 5.75 Å². The van der Waals surface area contributed by atoms with E-state index in [9.17, 15) is 4.79 Å². The number of carbonyl (C=O) groups is 1. The van der Waals surface area contributed by atoms with Crippen molar-refractivity contribution < 1.29 is 14.6 Å². The maximum atomic E-state index is 11.8. The summed E-state index contributed by atoms with van der Waals surface area (Å²) < 4.78 is 5.53. The number of benzene rings is 1. The molecule has 0 spiro atoms. The van der Waals surface area contributed by atoms with E-state index in [1.807, 2.05) is 32.0 Å². The molecule has 0 saturated carbocycles. The summed E-state index contributed by atoms with van der Waals surface area (Å²) >= 11 is 0. The maximum absolute atomic E-state index is 11.8. The lowest BCUT2D eigenvalue weighted by molar-refractivity contribution is -0.140. The lowest BCUT2D eigenvalue weighted by Gasteiger charge is -2.38. The largest absolute Gasteiger partial charge is 0.484 e. The average Bonchev–Trinajstić information content (AvgIpc) is 2.26. The standard InChI is InChI=1S/C14H19NO3/c1-10-3-4-13(11(2)5-10)18-9-14(17)15-6-12(7-15)8-16/h3-5,12,16H,6-9H2,1-2H3. The molecule has 0 unspecified atom stereocenters. The monoisotopic (exact) mass is 249 g/mol. The normalized spacial score (nSPS) is 15.4. The Morgan fingerprint density at radius 3 is 2.78 bits per heavy atom. The number of hydrogen-bond acceptors (Lipinski definition) is 3. The molecule has 98 valence electrons. The molecule has 0 bridgehead atoms. The first-order valence-electron chi connectivity index (χ1n) is 6.19. The number of rotatable bonds is 4. The van der Waals surface area contributed by atoms with Crippen molar-refractivity contribution in [2.75, 3.05) is 26.3 Å². The number of amides is 1. The topological polar surface area (TPSA) is 49.8 Å². The summed E-state index contributed by atoms with van der Waals surface area (Å²) in [5.41, 5.74) is 2.22. The number of carbonyl (C=O) groups excluding carboxylic acids is 1. The van der Waals surface area contributed by atoms with Crippen LogP contribution in [-0.4, -0.2) is 42.2 Å². The maximum Gasteiger partial charge on any atom is 0.260 e. The Labute approximate surface area is 107 Å². The lowest BCUT2D eigenvalue weighted by Crippen LogP contribution is -2.52. The van der Waals surface area contributed by atoms with Crippen molar-refractivity contribution in [1.82, 2.24) is 4.90 Å². The van der Waals surface area contributed by atoms with E-state index in [1.54, 1.807) is 4.90 Å². The van der Waals surface area contributed by atoms with Crippen molar-refractivity contribution >= 4 is 5.91 Å². The summed E-state index contributed by atoms with van der Waals surface area (Å²) in [7, 11) is 0. The molecule has 4 heteroatoms. The summed E-state index contributed by atoms with van der Waals surface area (Å²) in [6, 6.07) is 5.90. The van der Waals surface area contributed by atoms with Crippen LogP contribution in [0.3, 0.4) is 0 Å². The van der Waals surface area contributed by atoms with Crippen molar-refractivity contribution in [2.45, 2.75) is 13.8 Å². The first-order valence-corrected chi connectivity index (χ1v) is 6.19. The molecule has 1 amide bonds. The minimum atomic E-state index is -0.0142. The molecule has 0 aromatic heterocycles. The number of aryl methyl sites for hydroxylation is 2. The number of ether oxygens (including phenoxy) is 1. The number of nitrogens with zero attached hydrogens (tertiary/aromatic N) is 1. The van der Waals surface area contributed by atoms with Crippen LogP contribution < -0.4 is 4.74 Å². The van der Waals surface area contributed by atoms with Crippen molar-refractivity contribution in [2.24, 2.45) is 5.92 Å². The molecular weight excluding hydrogens is 230 g/mol. The van der Waals surface area contributed by atoms with Crippen LogP contribution in [0.2, 0.25) is 0 Å². The molecular formula is C14H19NO3. The second kappa shape index (κ2) is 5.40. The minimum Gasteiger partial charge on any atom is -0.484 e. The van der Waals surface area contributed by atoms with Gasteiger partial charge in [-0.25, -0.2) is 0 Å². The summed E-state index contributed by atoms with van der Waals surface area (Å²) in [5.74, 6) is 0.989. The first kappa shape index (κ1) is 12.9. The van der Waals surface area contributed by atoms with Gasteiger partial charge in [0.2, 0.25) is 0 Å². The van der Waals surface area contributed by atoms with Gasteiger partial charge in [0, 0.05) is 25.6 Å². The Morgan fingerprint density at radius 1 is 1.44 bits per heavy atom. The summed E-state index contributed by atoms with van der Waals surface area (Å²) in [4.78, 5) is 13.5. The van der Waals surface area contributed by atoms with Gasteiger partial charge in [-0.2, -0.15) is 0 Å². The third kappa shape index (κ3) is 2.82. The van der Waals surface area contributed by atoms with E-state index in [0.717, 1.165) is 11.3 Å². The molecule has 1 aromatic carbocycles. The second-order valence-corrected chi connectivity index (χ2v) is 4.90. The Morgan fingerprint density at radius 2 is 2.17 bits per heavy atom. The highest BCUT2D eigenvalue weighted by Gasteiger charge is 2.29. The molecule has 1 fully saturated rings. The van der Waals surface area contributed by atoms with Gasteiger partial charge < -0.3 is 14.7 Å². The lowest BCUT2D eigenvalue weighted by atomic mass is 10.0. The van der Waals surface area contributed by atoms with E-state index < -0.39 is 0 Å². The molecule has 1 aliphatic rings. The molecule has 4 nitrogen and oxygen atoms in total. The van der Waals surface area contributed by atoms with Gasteiger partial charge in [-0.3, -0.25) is 4.79 Å². The third-order valence-corrected chi connectivity index (χ3v) is 3.25. The molecule has 1 saturated heterocycles. The number of aliphatic hydroxyl groups is 1. The van der Waals surface area contributed by atoms with E-state index in [4.69, 9.17) is 9.84 Å². The van der Waals surface area contributed by atoms with Crippen molar-refractivity contribution in [3.8, 4) is 5.75 Å². The van der Waals surface area contributed by atoms with Gasteiger partial charge >= 0.3 is 0 Å². The zero-order valence-electron chi connectivity index (χ0n) is 10.8. The van der Waals surface area contributed by atoms with E-state index in [0.29, 0.717) is 13.1 Å². The van der Waals surface area contributed by atoms with Gasteiger partial charge in [0.25, 0.3) is 5.91 Å². The fourth-order valence-corrected chi connectivity index (χ4v) is 2.08. The second-order valence-electron chi connectivity index (χ2n) is 4.90. The number of aliphatic hydroxyl groups excluding tert-OH is 1. The minimum absolute atomic E-state index is 0.0142.